The van der Waals surface area contributed by atoms with E-state index in [0.29, 0.717) is 25.9 Å². The minimum absolute atomic E-state index is 0.0353. The number of nitrogens with zero attached hydrogens (tertiary/aromatic N) is 2. The molecule has 1 saturated heterocycles. The highest BCUT2D eigenvalue weighted by molar-refractivity contribution is 6.04. The SMILES string of the molecule is C[NH+]1CCN(C(=O)[C@@H](Cc2ccccc2)NC(=O)[C@@H]2CC(c3ccccc3)=NO2)CC1. The fraction of sp³-hybridized carbons (Fsp3) is 0.375. The Morgan fingerprint density at radius 3 is 2.42 bits per heavy atom. The molecule has 0 bridgehead atoms. The van der Waals surface area contributed by atoms with Crippen molar-refractivity contribution in [2.24, 2.45) is 5.16 Å². The van der Waals surface area contributed by atoms with Gasteiger partial charge in [-0.25, -0.2) is 0 Å². The van der Waals surface area contributed by atoms with Crippen LogP contribution in [0.15, 0.2) is 65.8 Å². The summed E-state index contributed by atoms with van der Waals surface area (Å²) in [6.45, 7) is 3.23. The lowest BCUT2D eigenvalue weighted by Gasteiger charge is -2.33. The standard InChI is InChI=1S/C24H28N4O3/c1-27-12-14-28(15-13-27)24(30)21(16-18-8-4-2-5-9-18)25-23(29)22-17-20(26-31-22)19-10-6-3-7-11-19/h2-11,21-22H,12-17H2,1H3,(H,25,29)/p+1/t21-,22+/m1/s1. The maximum absolute atomic E-state index is 13.3. The third kappa shape index (κ3) is 5.30. The van der Waals surface area contributed by atoms with Crippen molar-refractivity contribution in [1.82, 2.24) is 10.2 Å². The van der Waals surface area contributed by atoms with Crippen molar-refractivity contribution in [3.05, 3.63) is 71.8 Å². The van der Waals surface area contributed by atoms with Crippen LogP contribution in [0.4, 0.5) is 0 Å². The van der Waals surface area contributed by atoms with E-state index in [1.165, 1.54) is 4.90 Å². The first-order valence-electron chi connectivity index (χ1n) is 10.8. The molecule has 2 aromatic rings. The summed E-state index contributed by atoms with van der Waals surface area (Å²) in [6, 6.07) is 18.8. The number of hydrogen-bond acceptors (Lipinski definition) is 4. The van der Waals surface area contributed by atoms with Gasteiger partial charge in [-0.2, -0.15) is 0 Å². The Morgan fingerprint density at radius 2 is 1.74 bits per heavy atom. The highest BCUT2D eigenvalue weighted by atomic mass is 16.6. The average molecular weight is 422 g/mol. The van der Waals surface area contributed by atoms with E-state index in [1.807, 2.05) is 65.6 Å². The van der Waals surface area contributed by atoms with Crippen LogP contribution in [0.2, 0.25) is 0 Å². The topological polar surface area (TPSA) is 75.4 Å². The molecular weight excluding hydrogens is 392 g/mol. The first-order valence-corrected chi connectivity index (χ1v) is 10.8. The average Bonchev–Trinajstić information content (AvgIpc) is 3.31. The molecule has 162 valence electrons. The van der Waals surface area contributed by atoms with Gasteiger partial charge in [0.25, 0.3) is 5.91 Å². The molecule has 7 heteroatoms. The zero-order valence-electron chi connectivity index (χ0n) is 17.8. The number of benzene rings is 2. The first-order chi connectivity index (χ1) is 15.1. The fourth-order valence-corrected chi connectivity index (χ4v) is 3.96. The van der Waals surface area contributed by atoms with Crippen LogP contribution < -0.4 is 10.2 Å². The second-order valence-electron chi connectivity index (χ2n) is 8.24. The minimum atomic E-state index is -0.724. The van der Waals surface area contributed by atoms with Crippen molar-refractivity contribution < 1.29 is 19.3 Å². The van der Waals surface area contributed by atoms with Crippen LogP contribution in [0.5, 0.6) is 0 Å². The van der Waals surface area contributed by atoms with Crippen molar-refractivity contribution in [3.63, 3.8) is 0 Å². The van der Waals surface area contributed by atoms with E-state index in [-0.39, 0.29) is 11.8 Å². The molecule has 2 N–H and O–H groups in total. The third-order valence-corrected chi connectivity index (χ3v) is 5.89. The van der Waals surface area contributed by atoms with Gasteiger partial charge in [0.1, 0.15) is 6.04 Å². The Bertz CT molecular complexity index is 924. The Morgan fingerprint density at radius 1 is 1.10 bits per heavy atom. The lowest BCUT2D eigenvalue weighted by Crippen LogP contribution is -3.12. The summed E-state index contributed by atoms with van der Waals surface area (Å²) in [5, 5.41) is 7.05. The highest BCUT2D eigenvalue weighted by Crippen LogP contribution is 2.17. The van der Waals surface area contributed by atoms with Gasteiger partial charge in [0, 0.05) is 12.8 Å². The number of carbonyl (C=O) groups excluding carboxylic acids is 2. The van der Waals surface area contributed by atoms with Gasteiger partial charge in [-0.1, -0.05) is 65.8 Å². The molecule has 0 aliphatic carbocycles. The molecule has 0 unspecified atom stereocenters. The number of oxime groups is 1. The number of likely N-dealkylation sites (N-methyl/N-ethyl adjacent to an activating group) is 1. The molecule has 31 heavy (non-hydrogen) atoms. The molecular formula is C24H29N4O3+. The Hall–Kier alpha value is -3.19. The van der Waals surface area contributed by atoms with E-state index in [0.717, 1.165) is 29.9 Å². The number of carbonyl (C=O) groups is 2. The zero-order chi connectivity index (χ0) is 21.6. The second-order valence-corrected chi connectivity index (χ2v) is 8.24. The number of piperazine rings is 1. The Labute approximate surface area is 182 Å². The second kappa shape index (κ2) is 9.75. The molecule has 0 spiro atoms. The van der Waals surface area contributed by atoms with Gasteiger partial charge in [-0.05, 0) is 11.1 Å². The summed E-state index contributed by atoms with van der Waals surface area (Å²) in [7, 11) is 2.13. The van der Waals surface area contributed by atoms with Gasteiger partial charge in [-0.3, -0.25) is 9.59 Å². The van der Waals surface area contributed by atoms with Crippen molar-refractivity contribution in [2.75, 3.05) is 33.2 Å². The quantitative estimate of drug-likeness (QED) is 0.703. The number of amides is 2. The van der Waals surface area contributed by atoms with Crippen molar-refractivity contribution in [3.8, 4) is 0 Å². The van der Waals surface area contributed by atoms with E-state index >= 15 is 0 Å². The monoisotopic (exact) mass is 421 g/mol. The molecule has 0 aromatic heterocycles. The maximum Gasteiger partial charge on any atom is 0.265 e. The number of rotatable bonds is 6. The van der Waals surface area contributed by atoms with Gasteiger partial charge >= 0.3 is 0 Å². The molecule has 2 amide bonds. The van der Waals surface area contributed by atoms with Crippen LogP contribution >= 0.6 is 0 Å². The predicted molar refractivity (Wildman–Crippen MR) is 118 cm³/mol. The van der Waals surface area contributed by atoms with E-state index in [9.17, 15) is 9.59 Å². The van der Waals surface area contributed by atoms with Crippen LogP contribution in [0.25, 0.3) is 0 Å². The first kappa shape index (κ1) is 21.1. The lowest BCUT2D eigenvalue weighted by molar-refractivity contribution is -0.883. The van der Waals surface area contributed by atoms with Gasteiger partial charge in [-0.15, -0.1) is 0 Å². The normalized spacial score (nSPS) is 20.0. The lowest BCUT2D eigenvalue weighted by atomic mass is 10.0. The van der Waals surface area contributed by atoms with Gasteiger partial charge < -0.3 is 20.0 Å². The number of nitrogens with one attached hydrogen (secondary N) is 2. The fourth-order valence-electron chi connectivity index (χ4n) is 3.96. The molecule has 7 nitrogen and oxygen atoms in total. The molecule has 0 radical (unpaired) electrons. The predicted octanol–water partition coefficient (Wildman–Crippen LogP) is 0.264. The van der Waals surface area contributed by atoms with Gasteiger partial charge in [0.05, 0.1) is 38.9 Å². The van der Waals surface area contributed by atoms with Crippen LogP contribution in [-0.2, 0) is 20.8 Å². The van der Waals surface area contributed by atoms with E-state index < -0.39 is 12.1 Å². The molecule has 2 atom stereocenters. The molecule has 2 aliphatic rings. The molecule has 0 saturated carbocycles. The minimum Gasteiger partial charge on any atom is -0.382 e. The van der Waals surface area contributed by atoms with Crippen LogP contribution in [0.3, 0.4) is 0 Å². The number of hydrogen-bond donors (Lipinski definition) is 2. The highest BCUT2D eigenvalue weighted by Gasteiger charge is 2.34. The summed E-state index contributed by atoms with van der Waals surface area (Å²) in [6.07, 6.45) is 0.113. The molecule has 4 rings (SSSR count). The summed E-state index contributed by atoms with van der Waals surface area (Å²) < 4.78 is 0. The maximum atomic E-state index is 13.3. The number of quaternary nitrogens is 1. The molecule has 1 fully saturated rings. The third-order valence-electron chi connectivity index (χ3n) is 5.89. The Balaban J connectivity index is 1.43. The van der Waals surface area contributed by atoms with E-state index in [2.05, 4.69) is 17.5 Å². The van der Waals surface area contributed by atoms with E-state index in [4.69, 9.17) is 4.84 Å². The largest absolute Gasteiger partial charge is 0.382 e. The van der Waals surface area contributed by atoms with Crippen LogP contribution in [0, 0.1) is 0 Å². The summed E-state index contributed by atoms with van der Waals surface area (Å²) >= 11 is 0. The van der Waals surface area contributed by atoms with Crippen molar-refractivity contribution in [2.45, 2.75) is 25.0 Å². The molecule has 2 aromatic carbocycles. The van der Waals surface area contributed by atoms with Crippen LogP contribution in [0.1, 0.15) is 17.5 Å². The summed E-state index contributed by atoms with van der Waals surface area (Å²) in [5.74, 6) is -0.337. The van der Waals surface area contributed by atoms with Crippen molar-refractivity contribution in [1.29, 1.82) is 0 Å². The van der Waals surface area contributed by atoms with Crippen molar-refractivity contribution >= 4 is 17.5 Å². The van der Waals surface area contributed by atoms with Crippen LogP contribution in [-0.4, -0.2) is 67.8 Å². The summed E-state index contributed by atoms with van der Waals surface area (Å²) in [5.41, 5.74) is 2.69. The molecule has 2 heterocycles. The zero-order valence-corrected chi connectivity index (χ0v) is 17.8. The Kier molecular flexibility index (Phi) is 6.62. The van der Waals surface area contributed by atoms with Gasteiger partial charge in [0.15, 0.2) is 0 Å². The smallest absolute Gasteiger partial charge is 0.265 e. The molecule has 2 aliphatic heterocycles. The van der Waals surface area contributed by atoms with Gasteiger partial charge in [0.2, 0.25) is 12.0 Å². The summed E-state index contributed by atoms with van der Waals surface area (Å²) in [4.78, 5) is 35.0. The van der Waals surface area contributed by atoms with E-state index in [1.54, 1.807) is 0 Å².